The SMILES string of the molecule is CCCC(C)C(NN)c1csnn1. The Hall–Kier alpha value is -0.520. The second-order valence-corrected chi connectivity index (χ2v) is 3.85. The largest absolute Gasteiger partial charge is 0.271 e. The monoisotopic (exact) mass is 200 g/mol. The van der Waals surface area contributed by atoms with Crippen LogP contribution in [0, 0.1) is 5.92 Å². The molecule has 0 bridgehead atoms. The molecule has 0 aliphatic carbocycles. The molecule has 13 heavy (non-hydrogen) atoms. The minimum absolute atomic E-state index is 0.138. The van der Waals surface area contributed by atoms with Crippen molar-refractivity contribution in [2.24, 2.45) is 11.8 Å². The normalized spacial score (nSPS) is 15.6. The summed E-state index contributed by atoms with van der Waals surface area (Å²) >= 11 is 1.36. The van der Waals surface area contributed by atoms with Crippen molar-refractivity contribution in [3.8, 4) is 0 Å². The minimum atomic E-state index is 0.138. The number of nitrogens with zero attached hydrogens (tertiary/aromatic N) is 2. The van der Waals surface area contributed by atoms with Gasteiger partial charge < -0.3 is 0 Å². The fraction of sp³-hybridized carbons (Fsp3) is 0.750. The lowest BCUT2D eigenvalue weighted by Gasteiger charge is -2.20. The molecule has 1 aromatic rings. The van der Waals surface area contributed by atoms with Gasteiger partial charge in [0.05, 0.1) is 11.7 Å². The van der Waals surface area contributed by atoms with Gasteiger partial charge >= 0.3 is 0 Å². The smallest absolute Gasteiger partial charge is 0.0940 e. The molecule has 0 fully saturated rings. The van der Waals surface area contributed by atoms with Gasteiger partial charge in [0.1, 0.15) is 0 Å². The first kappa shape index (κ1) is 10.6. The summed E-state index contributed by atoms with van der Waals surface area (Å²) in [6.45, 7) is 4.34. The zero-order valence-corrected chi connectivity index (χ0v) is 8.84. The summed E-state index contributed by atoms with van der Waals surface area (Å²) in [4.78, 5) is 0. The van der Waals surface area contributed by atoms with Gasteiger partial charge in [-0.2, -0.15) is 0 Å². The first-order valence-electron chi connectivity index (χ1n) is 4.52. The first-order valence-corrected chi connectivity index (χ1v) is 5.36. The summed E-state index contributed by atoms with van der Waals surface area (Å²) in [5.74, 6) is 5.98. The molecular weight excluding hydrogens is 184 g/mol. The third-order valence-electron chi connectivity index (χ3n) is 2.19. The number of hydrogen-bond donors (Lipinski definition) is 2. The van der Waals surface area contributed by atoms with Gasteiger partial charge in [-0.1, -0.05) is 24.8 Å². The Labute approximate surface area is 82.7 Å². The number of hydrazine groups is 1. The lowest BCUT2D eigenvalue weighted by Crippen LogP contribution is -2.32. The van der Waals surface area contributed by atoms with Gasteiger partial charge in [0.2, 0.25) is 0 Å². The van der Waals surface area contributed by atoms with Crippen molar-refractivity contribution in [3.05, 3.63) is 11.1 Å². The summed E-state index contributed by atoms with van der Waals surface area (Å²) in [5.41, 5.74) is 3.75. The van der Waals surface area contributed by atoms with Gasteiger partial charge in [0, 0.05) is 5.38 Å². The van der Waals surface area contributed by atoms with Crippen molar-refractivity contribution in [3.63, 3.8) is 0 Å². The summed E-state index contributed by atoms with van der Waals surface area (Å²) in [6.07, 6.45) is 2.31. The van der Waals surface area contributed by atoms with E-state index in [0.29, 0.717) is 5.92 Å². The van der Waals surface area contributed by atoms with Crippen molar-refractivity contribution < 1.29 is 0 Å². The van der Waals surface area contributed by atoms with Gasteiger partial charge in [-0.05, 0) is 23.9 Å². The van der Waals surface area contributed by atoms with E-state index in [9.17, 15) is 0 Å². The highest BCUT2D eigenvalue weighted by atomic mass is 32.1. The van der Waals surface area contributed by atoms with Crippen molar-refractivity contribution >= 4 is 11.5 Å². The fourth-order valence-corrected chi connectivity index (χ4v) is 1.96. The van der Waals surface area contributed by atoms with Crippen LogP contribution in [0.2, 0.25) is 0 Å². The molecule has 0 radical (unpaired) electrons. The van der Waals surface area contributed by atoms with E-state index in [1.165, 1.54) is 11.5 Å². The lowest BCUT2D eigenvalue weighted by atomic mass is 9.95. The Balaban J connectivity index is 2.62. The molecule has 0 spiro atoms. The van der Waals surface area contributed by atoms with Crippen LogP contribution >= 0.6 is 11.5 Å². The summed E-state index contributed by atoms with van der Waals surface area (Å²) in [5, 5.41) is 5.96. The van der Waals surface area contributed by atoms with Gasteiger partial charge in [-0.15, -0.1) is 5.10 Å². The van der Waals surface area contributed by atoms with Gasteiger partial charge in [-0.3, -0.25) is 11.3 Å². The highest BCUT2D eigenvalue weighted by molar-refractivity contribution is 7.03. The third-order valence-corrected chi connectivity index (χ3v) is 2.71. The Morgan fingerprint density at radius 1 is 1.69 bits per heavy atom. The molecule has 0 aliphatic heterocycles. The molecule has 1 rings (SSSR count). The maximum absolute atomic E-state index is 5.48. The highest BCUT2D eigenvalue weighted by Crippen LogP contribution is 2.23. The molecule has 0 saturated heterocycles. The average Bonchev–Trinajstić information content (AvgIpc) is 2.59. The van der Waals surface area contributed by atoms with Crippen LogP contribution in [0.15, 0.2) is 5.38 Å². The van der Waals surface area contributed by atoms with Gasteiger partial charge in [0.15, 0.2) is 0 Å². The second kappa shape index (κ2) is 5.26. The van der Waals surface area contributed by atoms with Crippen molar-refractivity contribution in [2.75, 3.05) is 0 Å². The Morgan fingerprint density at radius 2 is 2.46 bits per heavy atom. The number of rotatable bonds is 5. The van der Waals surface area contributed by atoms with Crippen molar-refractivity contribution in [2.45, 2.75) is 32.7 Å². The molecule has 1 heterocycles. The zero-order chi connectivity index (χ0) is 9.68. The van der Waals surface area contributed by atoms with E-state index in [1.54, 1.807) is 0 Å². The number of hydrogen-bond acceptors (Lipinski definition) is 5. The van der Waals surface area contributed by atoms with Crippen LogP contribution in [0.25, 0.3) is 0 Å². The van der Waals surface area contributed by atoms with E-state index < -0.39 is 0 Å². The number of nitrogens with two attached hydrogens (primary N) is 1. The lowest BCUT2D eigenvalue weighted by molar-refractivity contribution is 0.361. The Morgan fingerprint density at radius 3 is 2.92 bits per heavy atom. The summed E-state index contributed by atoms with van der Waals surface area (Å²) in [6, 6.07) is 0.138. The second-order valence-electron chi connectivity index (χ2n) is 3.24. The molecule has 2 unspecified atom stereocenters. The van der Waals surface area contributed by atoms with Crippen LogP contribution < -0.4 is 11.3 Å². The predicted molar refractivity (Wildman–Crippen MR) is 54.0 cm³/mol. The van der Waals surface area contributed by atoms with E-state index in [1.807, 2.05) is 5.38 Å². The van der Waals surface area contributed by atoms with Gasteiger partial charge in [-0.25, -0.2) is 0 Å². The molecule has 4 nitrogen and oxygen atoms in total. The third kappa shape index (κ3) is 2.72. The quantitative estimate of drug-likeness (QED) is 0.558. The minimum Gasteiger partial charge on any atom is -0.271 e. The molecular formula is C8H16N4S. The zero-order valence-electron chi connectivity index (χ0n) is 8.03. The molecule has 0 aromatic carbocycles. The van der Waals surface area contributed by atoms with Crippen LogP contribution in [-0.2, 0) is 0 Å². The van der Waals surface area contributed by atoms with E-state index in [0.717, 1.165) is 18.5 Å². The summed E-state index contributed by atoms with van der Waals surface area (Å²) in [7, 11) is 0. The van der Waals surface area contributed by atoms with E-state index in [4.69, 9.17) is 5.84 Å². The summed E-state index contributed by atoms with van der Waals surface area (Å²) < 4.78 is 3.83. The Kier molecular flexibility index (Phi) is 4.27. The van der Waals surface area contributed by atoms with E-state index in [2.05, 4.69) is 28.9 Å². The van der Waals surface area contributed by atoms with Crippen LogP contribution in [0.3, 0.4) is 0 Å². The molecule has 0 amide bonds. The average molecular weight is 200 g/mol. The van der Waals surface area contributed by atoms with E-state index in [-0.39, 0.29) is 6.04 Å². The van der Waals surface area contributed by atoms with Crippen LogP contribution in [0.5, 0.6) is 0 Å². The highest BCUT2D eigenvalue weighted by Gasteiger charge is 2.19. The number of nitrogens with one attached hydrogen (secondary N) is 1. The van der Waals surface area contributed by atoms with Crippen molar-refractivity contribution in [1.82, 2.24) is 15.0 Å². The molecule has 0 saturated carbocycles. The number of aromatic nitrogens is 2. The van der Waals surface area contributed by atoms with Crippen LogP contribution in [0.4, 0.5) is 0 Å². The maximum Gasteiger partial charge on any atom is 0.0940 e. The molecule has 3 N–H and O–H groups in total. The molecule has 1 aromatic heterocycles. The van der Waals surface area contributed by atoms with Crippen LogP contribution in [0.1, 0.15) is 38.4 Å². The topological polar surface area (TPSA) is 63.8 Å². The predicted octanol–water partition coefficient (Wildman–Crippen LogP) is 1.48. The Bertz CT molecular complexity index is 224. The van der Waals surface area contributed by atoms with Crippen molar-refractivity contribution in [1.29, 1.82) is 0 Å². The molecule has 5 heteroatoms. The van der Waals surface area contributed by atoms with E-state index >= 15 is 0 Å². The maximum atomic E-state index is 5.48. The van der Waals surface area contributed by atoms with Crippen LogP contribution in [-0.4, -0.2) is 9.59 Å². The molecule has 2 atom stereocenters. The fourth-order valence-electron chi connectivity index (χ4n) is 1.47. The van der Waals surface area contributed by atoms with Gasteiger partial charge in [0.25, 0.3) is 0 Å². The first-order chi connectivity index (χ1) is 6.29. The molecule has 0 aliphatic rings. The standard InChI is InChI=1S/C8H16N4S/c1-3-4-6(2)8(10-9)7-5-13-12-11-7/h5-6,8,10H,3-4,9H2,1-2H3. The molecule has 74 valence electrons.